The summed E-state index contributed by atoms with van der Waals surface area (Å²) in [5.74, 6) is 1.25. The van der Waals surface area contributed by atoms with Crippen LogP contribution in [-0.2, 0) is 17.7 Å². The molecule has 8 nitrogen and oxygen atoms in total. The highest BCUT2D eigenvalue weighted by Crippen LogP contribution is 2.23. The number of hydrogen-bond donors (Lipinski definition) is 1. The van der Waals surface area contributed by atoms with Gasteiger partial charge in [-0.25, -0.2) is 18.8 Å². The van der Waals surface area contributed by atoms with Crippen LogP contribution in [0, 0.1) is 0 Å². The summed E-state index contributed by atoms with van der Waals surface area (Å²) in [7, 11) is 1.58. The fraction of sp³-hybridized carbons (Fsp3) is 0.400. The minimum atomic E-state index is -1.39. The third-order valence-corrected chi connectivity index (χ3v) is 3.78. The first-order chi connectivity index (χ1) is 11.1. The van der Waals surface area contributed by atoms with Gasteiger partial charge in [0.05, 0.1) is 13.7 Å². The van der Waals surface area contributed by atoms with E-state index in [1.54, 1.807) is 7.11 Å². The third-order valence-electron chi connectivity index (χ3n) is 3.78. The molecule has 1 aliphatic rings. The van der Waals surface area contributed by atoms with Crippen LogP contribution < -0.4 is 10.4 Å². The van der Waals surface area contributed by atoms with E-state index in [1.807, 2.05) is 24.3 Å². The van der Waals surface area contributed by atoms with Crippen molar-refractivity contribution in [3.63, 3.8) is 0 Å². The normalized spacial score (nSPS) is 16.7. The maximum atomic E-state index is 12.5. The molecule has 2 aromatic rings. The Morgan fingerprint density at radius 2 is 2.30 bits per heavy atom. The maximum absolute atomic E-state index is 12.5. The second-order valence-corrected chi connectivity index (χ2v) is 5.31. The summed E-state index contributed by atoms with van der Waals surface area (Å²) < 4.78 is 12.6. The molecule has 1 aliphatic heterocycles. The van der Waals surface area contributed by atoms with E-state index in [0.29, 0.717) is 24.4 Å². The topological polar surface area (TPSA) is 95.6 Å². The largest absolute Gasteiger partial charge is 0.507 e. The number of hydrogen-bond acceptors (Lipinski definition) is 5. The molecule has 0 fully saturated rings. The van der Waals surface area contributed by atoms with E-state index >= 15 is 0 Å². The number of fused-ring (bicyclic) bond motifs is 1. The van der Waals surface area contributed by atoms with Crippen LogP contribution in [0.15, 0.2) is 29.1 Å². The van der Waals surface area contributed by atoms with Crippen molar-refractivity contribution in [1.29, 1.82) is 0 Å². The van der Waals surface area contributed by atoms with Crippen molar-refractivity contribution in [1.82, 2.24) is 14.3 Å². The smallest absolute Gasteiger partial charge is 0.497 e. The summed E-state index contributed by atoms with van der Waals surface area (Å²) in [6.45, 7) is 0.288. The molecule has 23 heavy (non-hydrogen) atoms. The van der Waals surface area contributed by atoms with Gasteiger partial charge in [-0.2, -0.15) is 5.10 Å². The zero-order valence-corrected chi connectivity index (χ0v) is 12.6. The predicted octanol–water partition coefficient (Wildman–Crippen LogP) is 1.63. The molecule has 122 valence electrons. The second-order valence-electron chi connectivity index (χ2n) is 5.31. The molecular formula is C15H17N3O5. The summed E-state index contributed by atoms with van der Waals surface area (Å²) in [5.41, 5.74) is 0.506. The van der Waals surface area contributed by atoms with Gasteiger partial charge in [0.2, 0.25) is 0 Å². The fourth-order valence-electron chi connectivity index (χ4n) is 2.76. The number of aryl methyl sites for hydroxylation is 1. The Kier molecular flexibility index (Phi) is 4.05. The van der Waals surface area contributed by atoms with Crippen molar-refractivity contribution in [2.75, 3.05) is 7.11 Å². The predicted molar refractivity (Wildman–Crippen MR) is 79.7 cm³/mol. The van der Waals surface area contributed by atoms with Crippen LogP contribution >= 0.6 is 0 Å². The van der Waals surface area contributed by atoms with Crippen molar-refractivity contribution in [2.45, 2.75) is 32.0 Å². The molecule has 0 spiro atoms. The molecule has 3 rings (SSSR count). The van der Waals surface area contributed by atoms with Gasteiger partial charge in [-0.3, -0.25) is 0 Å². The molecule has 1 N–H and O–H groups in total. The summed E-state index contributed by atoms with van der Waals surface area (Å²) in [6.07, 6.45) is -0.365. The van der Waals surface area contributed by atoms with Crippen molar-refractivity contribution < 1.29 is 19.4 Å². The Balaban J connectivity index is 1.91. The highest BCUT2D eigenvalue weighted by molar-refractivity contribution is 5.56. The lowest BCUT2D eigenvalue weighted by Crippen LogP contribution is -2.33. The van der Waals surface area contributed by atoms with E-state index in [4.69, 9.17) is 14.6 Å². The van der Waals surface area contributed by atoms with E-state index < -0.39 is 12.4 Å². The molecule has 2 heterocycles. The number of carboxylic acid groups (broad SMARTS) is 1. The lowest BCUT2D eigenvalue weighted by Gasteiger charge is -2.21. The SMILES string of the molecule is COc1cccc(Cn2nc3n(c2=O)C(OC(=O)O)CCC3)c1. The molecule has 0 amide bonds. The Morgan fingerprint density at radius 3 is 3.04 bits per heavy atom. The molecule has 0 saturated carbocycles. The Morgan fingerprint density at radius 1 is 1.48 bits per heavy atom. The van der Waals surface area contributed by atoms with Crippen LogP contribution in [0.25, 0.3) is 0 Å². The second kappa shape index (κ2) is 6.15. The van der Waals surface area contributed by atoms with Crippen molar-refractivity contribution in [3.05, 3.63) is 46.1 Å². The number of benzene rings is 1. The summed E-state index contributed by atoms with van der Waals surface area (Å²) in [5, 5.41) is 13.1. The summed E-state index contributed by atoms with van der Waals surface area (Å²) in [4.78, 5) is 23.3. The van der Waals surface area contributed by atoms with Gasteiger partial charge in [-0.1, -0.05) is 12.1 Å². The molecule has 1 aromatic heterocycles. The van der Waals surface area contributed by atoms with Crippen LogP contribution in [-0.4, -0.2) is 32.7 Å². The summed E-state index contributed by atoms with van der Waals surface area (Å²) >= 11 is 0. The molecule has 0 aliphatic carbocycles. The Bertz CT molecular complexity index is 780. The molecule has 0 bridgehead atoms. The van der Waals surface area contributed by atoms with Gasteiger partial charge in [-0.15, -0.1) is 0 Å². The van der Waals surface area contributed by atoms with Gasteiger partial charge in [0, 0.05) is 12.8 Å². The van der Waals surface area contributed by atoms with E-state index in [1.165, 1.54) is 9.25 Å². The van der Waals surface area contributed by atoms with Crippen LogP contribution in [0.3, 0.4) is 0 Å². The molecule has 1 aromatic carbocycles. The van der Waals surface area contributed by atoms with Gasteiger partial charge in [0.1, 0.15) is 11.6 Å². The zero-order valence-electron chi connectivity index (χ0n) is 12.6. The third kappa shape index (κ3) is 3.05. The van der Waals surface area contributed by atoms with Gasteiger partial charge >= 0.3 is 11.8 Å². The van der Waals surface area contributed by atoms with Crippen LogP contribution in [0.4, 0.5) is 4.79 Å². The Labute approximate surface area is 131 Å². The molecule has 0 radical (unpaired) electrons. The Hall–Kier alpha value is -2.77. The van der Waals surface area contributed by atoms with Crippen molar-refractivity contribution >= 4 is 6.16 Å². The van der Waals surface area contributed by atoms with Crippen molar-refractivity contribution in [3.8, 4) is 5.75 Å². The van der Waals surface area contributed by atoms with E-state index in [9.17, 15) is 9.59 Å². The van der Waals surface area contributed by atoms with Gasteiger partial charge in [0.25, 0.3) is 0 Å². The van der Waals surface area contributed by atoms with Crippen molar-refractivity contribution in [2.24, 2.45) is 0 Å². The quantitative estimate of drug-likeness (QED) is 0.861. The lowest BCUT2D eigenvalue weighted by molar-refractivity contribution is 0.00392. The highest BCUT2D eigenvalue weighted by atomic mass is 16.7. The number of carbonyl (C=O) groups is 1. The average molecular weight is 319 g/mol. The standard InChI is InChI=1S/C15H17N3O5/c1-22-11-5-2-4-10(8-11)9-17-14(19)18-12(16-17)6-3-7-13(18)23-15(20)21/h2,4-5,8,13H,3,6-7,9H2,1H3,(H,20,21). The van der Waals surface area contributed by atoms with Crippen LogP contribution in [0.2, 0.25) is 0 Å². The van der Waals surface area contributed by atoms with E-state index in [0.717, 1.165) is 12.0 Å². The first-order valence-corrected chi connectivity index (χ1v) is 7.29. The average Bonchev–Trinajstić information content (AvgIpc) is 2.84. The number of rotatable bonds is 4. The minimum Gasteiger partial charge on any atom is -0.497 e. The number of aromatic nitrogens is 3. The molecule has 1 unspecified atom stereocenters. The molecule has 8 heteroatoms. The van der Waals surface area contributed by atoms with E-state index in [2.05, 4.69) is 5.10 Å². The number of nitrogens with zero attached hydrogens (tertiary/aromatic N) is 3. The molecule has 1 atom stereocenters. The van der Waals surface area contributed by atoms with Crippen LogP contribution in [0.5, 0.6) is 5.75 Å². The number of ether oxygens (including phenoxy) is 2. The minimum absolute atomic E-state index is 0.288. The van der Waals surface area contributed by atoms with Gasteiger partial charge in [-0.05, 0) is 24.1 Å². The number of methoxy groups -OCH3 is 1. The molecule has 0 saturated heterocycles. The fourth-order valence-corrected chi connectivity index (χ4v) is 2.76. The zero-order chi connectivity index (χ0) is 16.4. The van der Waals surface area contributed by atoms with E-state index in [-0.39, 0.29) is 12.2 Å². The molecular weight excluding hydrogens is 302 g/mol. The maximum Gasteiger partial charge on any atom is 0.507 e. The first-order valence-electron chi connectivity index (χ1n) is 7.29. The highest BCUT2D eigenvalue weighted by Gasteiger charge is 2.28. The van der Waals surface area contributed by atoms with Gasteiger partial charge in [0.15, 0.2) is 6.23 Å². The first kappa shape index (κ1) is 15.1. The summed E-state index contributed by atoms with van der Waals surface area (Å²) in [6, 6.07) is 7.36. The van der Waals surface area contributed by atoms with Gasteiger partial charge < -0.3 is 14.6 Å². The lowest BCUT2D eigenvalue weighted by atomic mass is 10.1. The monoisotopic (exact) mass is 319 g/mol. The van der Waals surface area contributed by atoms with Crippen LogP contribution in [0.1, 0.15) is 30.5 Å².